The number of rotatable bonds is 5. The molecule has 0 bridgehead atoms. The van der Waals surface area contributed by atoms with E-state index in [4.69, 9.17) is 4.74 Å². The lowest BCUT2D eigenvalue weighted by Crippen LogP contribution is -2.27. The van der Waals surface area contributed by atoms with Gasteiger partial charge in [-0.25, -0.2) is 13.5 Å². The summed E-state index contributed by atoms with van der Waals surface area (Å²) in [4.78, 5) is 12.0. The van der Waals surface area contributed by atoms with Crippen LogP contribution in [0.5, 0.6) is 0 Å². The Morgan fingerprint density at radius 1 is 1.43 bits per heavy atom. The van der Waals surface area contributed by atoms with Crippen molar-refractivity contribution >= 4 is 5.91 Å². The minimum Gasteiger partial charge on any atom is -0.383 e. The fourth-order valence-electron chi connectivity index (χ4n) is 1.89. The van der Waals surface area contributed by atoms with Gasteiger partial charge in [0.2, 0.25) is 0 Å². The molecule has 0 radical (unpaired) electrons. The Morgan fingerprint density at radius 3 is 2.86 bits per heavy atom. The molecule has 2 aromatic rings. The number of carbonyl (C=O) groups is 1. The molecule has 112 valence electrons. The summed E-state index contributed by atoms with van der Waals surface area (Å²) in [7, 11) is 1.53. The summed E-state index contributed by atoms with van der Waals surface area (Å²) in [6.45, 7) is 2.40. The van der Waals surface area contributed by atoms with Crippen molar-refractivity contribution in [2.75, 3.05) is 20.3 Å². The van der Waals surface area contributed by atoms with Crippen LogP contribution in [0, 0.1) is 18.6 Å². The number of hydrogen-bond acceptors (Lipinski definition) is 3. The Hall–Kier alpha value is -2.28. The molecular formula is C14H15F2N3O2. The van der Waals surface area contributed by atoms with Crippen molar-refractivity contribution in [3.05, 3.63) is 47.3 Å². The predicted octanol–water partition coefficient (Wildman–Crippen LogP) is 1.84. The van der Waals surface area contributed by atoms with E-state index in [-0.39, 0.29) is 11.6 Å². The van der Waals surface area contributed by atoms with Crippen LogP contribution in [0.3, 0.4) is 0 Å². The lowest BCUT2D eigenvalue weighted by Gasteiger charge is -2.07. The topological polar surface area (TPSA) is 56.1 Å². The Morgan fingerprint density at radius 2 is 2.19 bits per heavy atom. The molecule has 0 atom stereocenters. The van der Waals surface area contributed by atoms with Gasteiger partial charge >= 0.3 is 0 Å². The van der Waals surface area contributed by atoms with Crippen LogP contribution < -0.4 is 5.32 Å². The van der Waals surface area contributed by atoms with Gasteiger partial charge in [0.05, 0.1) is 24.1 Å². The largest absolute Gasteiger partial charge is 0.383 e. The summed E-state index contributed by atoms with van der Waals surface area (Å²) >= 11 is 0. The van der Waals surface area contributed by atoms with Gasteiger partial charge in [0.1, 0.15) is 11.5 Å². The highest BCUT2D eigenvalue weighted by Gasteiger charge is 2.16. The number of hydrogen-bond donors (Lipinski definition) is 1. The summed E-state index contributed by atoms with van der Waals surface area (Å²) in [5.74, 6) is -1.73. The van der Waals surface area contributed by atoms with Crippen LogP contribution in [-0.4, -0.2) is 35.9 Å². The van der Waals surface area contributed by atoms with Crippen LogP contribution in [0.2, 0.25) is 0 Å². The zero-order chi connectivity index (χ0) is 15.4. The maximum absolute atomic E-state index is 13.8. The van der Waals surface area contributed by atoms with Gasteiger partial charge in [0, 0.05) is 19.7 Å². The molecule has 21 heavy (non-hydrogen) atoms. The third-order valence-corrected chi connectivity index (χ3v) is 2.98. The monoisotopic (exact) mass is 295 g/mol. The van der Waals surface area contributed by atoms with Crippen molar-refractivity contribution in [3.63, 3.8) is 0 Å². The second-order valence-corrected chi connectivity index (χ2v) is 4.40. The second kappa shape index (κ2) is 6.45. The van der Waals surface area contributed by atoms with Crippen molar-refractivity contribution in [2.45, 2.75) is 6.92 Å². The molecule has 0 aliphatic heterocycles. The Balaban J connectivity index is 2.26. The van der Waals surface area contributed by atoms with Gasteiger partial charge in [-0.2, -0.15) is 5.10 Å². The molecule has 1 aromatic carbocycles. The first kappa shape index (κ1) is 15.1. The van der Waals surface area contributed by atoms with Gasteiger partial charge in [-0.05, 0) is 19.1 Å². The zero-order valence-electron chi connectivity index (χ0n) is 11.7. The van der Waals surface area contributed by atoms with Crippen LogP contribution in [-0.2, 0) is 4.74 Å². The van der Waals surface area contributed by atoms with Crippen molar-refractivity contribution in [2.24, 2.45) is 0 Å². The number of carbonyl (C=O) groups excluding carboxylic acids is 1. The molecule has 7 heteroatoms. The van der Waals surface area contributed by atoms with Crippen molar-refractivity contribution in [1.82, 2.24) is 15.1 Å². The van der Waals surface area contributed by atoms with Gasteiger partial charge in [-0.1, -0.05) is 0 Å². The number of methoxy groups -OCH3 is 1. The minimum atomic E-state index is -0.743. The van der Waals surface area contributed by atoms with E-state index in [9.17, 15) is 13.6 Å². The maximum Gasteiger partial charge on any atom is 0.254 e. The van der Waals surface area contributed by atoms with E-state index in [1.54, 1.807) is 6.92 Å². The van der Waals surface area contributed by atoms with Crippen LogP contribution in [0.15, 0.2) is 24.4 Å². The highest BCUT2D eigenvalue weighted by atomic mass is 19.1. The maximum atomic E-state index is 13.8. The summed E-state index contributed by atoms with van der Waals surface area (Å²) in [6.07, 6.45) is 1.35. The normalized spacial score (nSPS) is 10.7. The first-order valence-corrected chi connectivity index (χ1v) is 6.31. The standard InChI is InChI=1S/C14H15F2N3O2/c1-9-11(14(20)17-5-6-21-2)8-18-19(9)13-4-3-10(15)7-12(13)16/h3-4,7-8H,5-6H2,1-2H3,(H,17,20). The van der Waals surface area contributed by atoms with E-state index >= 15 is 0 Å². The molecule has 0 aliphatic carbocycles. The third kappa shape index (κ3) is 3.25. The average molecular weight is 295 g/mol. The molecule has 1 amide bonds. The van der Waals surface area contributed by atoms with Crippen LogP contribution >= 0.6 is 0 Å². The smallest absolute Gasteiger partial charge is 0.254 e. The van der Waals surface area contributed by atoms with E-state index < -0.39 is 11.6 Å². The van der Waals surface area contributed by atoms with Crippen LogP contribution in [0.1, 0.15) is 16.1 Å². The number of amides is 1. The second-order valence-electron chi connectivity index (χ2n) is 4.40. The molecular weight excluding hydrogens is 280 g/mol. The van der Waals surface area contributed by atoms with Crippen LogP contribution in [0.4, 0.5) is 8.78 Å². The number of halogens is 2. The van der Waals surface area contributed by atoms with Gasteiger partial charge < -0.3 is 10.1 Å². The van der Waals surface area contributed by atoms with Crippen molar-refractivity contribution < 1.29 is 18.3 Å². The summed E-state index contributed by atoms with van der Waals surface area (Å²) in [5.41, 5.74) is 0.884. The fraction of sp³-hybridized carbons (Fsp3) is 0.286. The predicted molar refractivity (Wildman–Crippen MR) is 72.4 cm³/mol. The third-order valence-electron chi connectivity index (χ3n) is 2.98. The Kier molecular flexibility index (Phi) is 4.64. The van der Waals surface area contributed by atoms with Gasteiger partial charge in [-0.15, -0.1) is 0 Å². The molecule has 2 rings (SSSR count). The molecule has 0 aliphatic rings. The van der Waals surface area contributed by atoms with E-state index in [0.29, 0.717) is 24.4 Å². The molecule has 5 nitrogen and oxygen atoms in total. The van der Waals surface area contributed by atoms with E-state index in [1.807, 2.05) is 0 Å². The number of aromatic nitrogens is 2. The molecule has 1 heterocycles. The highest BCUT2D eigenvalue weighted by Crippen LogP contribution is 2.18. The molecule has 0 fully saturated rings. The fourth-order valence-corrected chi connectivity index (χ4v) is 1.89. The van der Waals surface area contributed by atoms with E-state index in [2.05, 4.69) is 10.4 Å². The summed E-state index contributed by atoms with van der Waals surface area (Å²) in [6, 6.07) is 3.18. The number of nitrogens with one attached hydrogen (secondary N) is 1. The van der Waals surface area contributed by atoms with Gasteiger partial charge in [-0.3, -0.25) is 4.79 Å². The van der Waals surface area contributed by atoms with Gasteiger partial charge in [0.15, 0.2) is 5.82 Å². The first-order chi connectivity index (χ1) is 10.0. The zero-order valence-corrected chi connectivity index (χ0v) is 11.7. The summed E-state index contributed by atoms with van der Waals surface area (Å²) < 4.78 is 32.8. The quantitative estimate of drug-likeness (QED) is 0.856. The number of benzene rings is 1. The van der Waals surface area contributed by atoms with E-state index in [0.717, 1.165) is 12.1 Å². The average Bonchev–Trinajstić information content (AvgIpc) is 2.81. The highest BCUT2D eigenvalue weighted by molar-refractivity contribution is 5.95. The lowest BCUT2D eigenvalue weighted by molar-refractivity contribution is 0.0936. The minimum absolute atomic E-state index is 0.0878. The molecule has 1 N–H and O–H groups in total. The Labute approximate surface area is 120 Å². The number of ether oxygens (including phenoxy) is 1. The molecule has 0 spiro atoms. The molecule has 0 unspecified atom stereocenters. The lowest BCUT2D eigenvalue weighted by atomic mass is 10.2. The van der Waals surface area contributed by atoms with Crippen molar-refractivity contribution in [1.29, 1.82) is 0 Å². The summed E-state index contributed by atoms with van der Waals surface area (Å²) in [5, 5.41) is 6.65. The molecule has 0 saturated carbocycles. The first-order valence-electron chi connectivity index (χ1n) is 6.31. The Bertz CT molecular complexity index is 656. The van der Waals surface area contributed by atoms with Crippen molar-refractivity contribution in [3.8, 4) is 5.69 Å². The van der Waals surface area contributed by atoms with E-state index in [1.165, 1.54) is 24.1 Å². The van der Waals surface area contributed by atoms with Gasteiger partial charge in [0.25, 0.3) is 5.91 Å². The SMILES string of the molecule is COCCNC(=O)c1cnn(-c2ccc(F)cc2F)c1C. The molecule has 0 saturated heterocycles. The number of nitrogens with zero attached hydrogens (tertiary/aromatic N) is 2. The van der Waals surface area contributed by atoms with Crippen LogP contribution in [0.25, 0.3) is 5.69 Å². The molecule has 1 aromatic heterocycles.